The third kappa shape index (κ3) is 3.47. The van der Waals surface area contributed by atoms with Crippen molar-refractivity contribution in [3.05, 3.63) is 29.8 Å². The molecule has 19 heavy (non-hydrogen) atoms. The normalized spacial score (nSPS) is 16.5. The molecule has 0 aromatic heterocycles. The summed E-state index contributed by atoms with van der Waals surface area (Å²) in [5.41, 5.74) is 0.808. The largest absolute Gasteiger partial charge is 0.388 e. The lowest BCUT2D eigenvalue weighted by molar-refractivity contribution is -0.0300. The second-order valence-corrected chi connectivity index (χ2v) is 5.23. The summed E-state index contributed by atoms with van der Waals surface area (Å²) in [5.74, 6) is -0.125. The summed E-state index contributed by atoms with van der Waals surface area (Å²) in [6.45, 7) is 3.27. The van der Waals surface area contributed by atoms with Crippen molar-refractivity contribution in [1.82, 2.24) is 5.32 Å². The van der Waals surface area contributed by atoms with Crippen LogP contribution in [-0.4, -0.2) is 29.7 Å². The van der Waals surface area contributed by atoms with Crippen molar-refractivity contribution < 1.29 is 9.90 Å². The van der Waals surface area contributed by atoms with Crippen LogP contribution in [0.4, 0.5) is 5.69 Å². The third-order valence-corrected chi connectivity index (χ3v) is 3.60. The molecule has 1 aromatic rings. The lowest BCUT2D eigenvalue weighted by atomic mass is 9.80. The molecule has 0 heterocycles. The zero-order valence-corrected chi connectivity index (χ0v) is 11.4. The van der Waals surface area contributed by atoms with E-state index in [0.717, 1.165) is 37.9 Å². The fourth-order valence-corrected chi connectivity index (χ4v) is 2.20. The second kappa shape index (κ2) is 6.06. The molecule has 1 saturated carbocycles. The van der Waals surface area contributed by atoms with E-state index in [1.807, 2.05) is 18.2 Å². The highest BCUT2D eigenvalue weighted by atomic mass is 16.3. The predicted molar refractivity (Wildman–Crippen MR) is 76.4 cm³/mol. The number of carbonyl (C=O) groups is 1. The van der Waals surface area contributed by atoms with Crippen molar-refractivity contribution >= 4 is 11.6 Å². The number of hydrogen-bond donors (Lipinski definition) is 3. The highest BCUT2D eigenvalue weighted by Crippen LogP contribution is 2.30. The molecule has 4 heteroatoms. The Labute approximate surface area is 114 Å². The molecule has 0 saturated heterocycles. The first-order valence-electron chi connectivity index (χ1n) is 6.98. The van der Waals surface area contributed by atoms with Crippen LogP contribution in [0.3, 0.4) is 0 Å². The van der Waals surface area contributed by atoms with E-state index in [0.29, 0.717) is 12.1 Å². The van der Waals surface area contributed by atoms with Crippen molar-refractivity contribution in [2.24, 2.45) is 0 Å². The minimum absolute atomic E-state index is 0.125. The van der Waals surface area contributed by atoms with Crippen LogP contribution in [0.15, 0.2) is 24.3 Å². The monoisotopic (exact) mass is 262 g/mol. The van der Waals surface area contributed by atoms with Gasteiger partial charge in [-0.15, -0.1) is 0 Å². The van der Waals surface area contributed by atoms with Crippen LogP contribution in [0.2, 0.25) is 0 Å². The Balaban J connectivity index is 1.97. The summed E-state index contributed by atoms with van der Waals surface area (Å²) in [7, 11) is 0. The van der Waals surface area contributed by atoms with Crippen LogP contribution in [0.5, 0.6) is 0 Å². The minimum atomic E-state index is -0.679. The lowest BCUT2D eigenvalue weighted by Crippen LogP contribution is -2.47. The molecule has 1 fully saturated rings. The van der Waals surface area contributed by atoms with Gasteiger partial charge in [0.1, 0.15) is 0 Å². The van der Waals surface area contributed by atoms with E-state index in [9.17, 15) is 9.90 Å². The van der Waals surface area contributed by atoms with Crippen molar-refractivity contribution in [3.63, 3.8) is 0 Å². The van der Waals surface area contributed by atoms with E-state index in [4.69, 9.17) is 0 Å². The second-order valence-electron chi connectivity index (χ2n) is 5.23. The molecule has 1 amide bonds. The molecule has 1 aliphatic carbocycles. The quantitative estimate of drug-likeness (QED) is 0.736. The van der Waals surface area contributed by atoms with Gasteiger partial charge in [0.15, 0.2) is 0 Å². The molecule has 4 nitrogen and oxygen atoms in total. The summed E-state index contributed by atoms with van der Waals surface area (Å²) < 4.78 is 0. The molecular weight excluding hydrogens is 240 g/mol. The Kier molecular flexibility index (Phi) is 4.43. The van der Waals surface area contributed by atoms with E-state index in [2.05, 4.69) is 17.6 Å². The van der Waals surface area contributed by atoms with Gasteiger partial charge in [0.25, 0.3) is 5.91 Å². The highest BCUT2D eigenvalue weighted by Gasteiger charge is 2.34. The van der Waals surface area contributed by atoms with Crippen LogP contribution in [-0.2, 0) is 0 Å². The molecule has 0 unspecified atom stereocenters. The Hall–Kier alpha value is -1.55. The number of nitrogens with one attached hydrogen (secondary N) is 2. The maximum absolute atomic E-state index is 12.2. The number of benzene rings is 1. The SMILES string of the molecule is CCCNc1ccccc1C(=O)NCC1(O)CCC1. The zero-order chi connectivity index (χ0) is 13.7. The topological polar surface area (TPSA) is 61.4 Å². The third-order valence-electron chi connectivity index (χ3n) is 3.60. The number of para-hydroxylation sites is 1. The first-order valence-corrected chi connectivity index (χ1v) is 6.98. The van der Waals surface area contributed by atoms with Crippen molar-refractivity contribution in [3.8, 4) is 0 Å². The Bertz CT molecular complexity index is 442. The molecular formula is C15H22N2O2. The van der Waals surface area contributed by atoms with Crippen LogP contribution in [0, 0.1) is 0 Å². The Morgan fingerprint density at radius 3 is 2.74 bits per heavy atom. The maximum Gasteiger partial charge on any atom is 0.253 e. The van der Waals surface area contributed by atoms with Crippen LogP contribution < -0.4 is 10.6 Å². The number of rotatable bonds is 6. The molecule has 0 bridgehead atoms. The molecule has 0 atom stereocenters. The van der Waals surface area contributed by atoms with E-state index in [1.54, 1.807) is 6.07 Å². The molecule has 1 aromatic carbocycles. The molecule has 104 valence electrons. The van der Waals surface area contributed by atoms with E-state index < -0.39 is 5.60 Å². The van der Waals surface area contributed by atoms with Crippen LogP contribution in [0.25, 0.3) is 0 Å². The van der Waals surface area contributed by atoms with Crippen molar-refractivity contribution in [1.29, 1.82) is 0 Å². The van der Waals surface area contributed by atoms with E-state index >= 15 is 0 Å². The predicted octanol–water partition coefficient (Wildman–Crippen LogP) is 2.15. The maximum atomic E-state index is 12.2. The number of amides is 1. The van der Waals surface area contributed by atoms with Crippen LogP contribution in [0.1, 0.15) is 43.0 Å². The molecule has 2 rings (SSSR count). The summed E-state index contributed by atoms with van der Waals surface area (Å²) in [5, 5.41) is 16.1. The first kappa shape index (κ1) is 13.9. The first-order chi connectivity index (χ1) is 9.14. The van der Waals surface area contributed by atoms with Crippen LogP contribution >= 0.6 is 0 Å². The van der Waals surface area contributed by atoms with Gasteiger partial charge in [0.2, 0.25) is 0 Å². The lowest BCUT2D eigenvalue weighted by Gasteiger charge is -2.36. The Morgan fingerprint density at radius 1 is 1.37 bits per heavy atom. The van der Waals surface area contributed by atoms with Gasteiger partial charge >= 0.3 is 0 Å². The standard InChI is InChI=1S/C15H22N2O2/c1-2-10-16-13-7-4-3-6-12(13)14(18)17-11-15(19)8-5-9-15/h3-4,6-7,16,19H,2,5,8-11H2,1H3,(H,17,18). The van der Waals surface area contributed by atoms with E-state index in [-0.39, 0.29) is 5.91 Å². The molecule has 0 spiro atoms. The van der Waals surface area contributed by atoms with Gasteiger partial charge in [-0.2, -0.15) is 0 Å². The summed E-state index contributed by atoms with van der Waals surface area (Å²) in [6.07, 6.45) is 3.61. The van der Waals surface area contributed by atoms with Gasteiger partial charge in [-0.25, -0.2) is 0 Å². The van der Waals surface area contributed by atoms with E-state index in [1.165, 1.54) is 0 Å². The molecule has 3 N–H and O–H groups in total. The van der Waals surface area contributed by atoms with Gasteiger partial charge in [-0.3, -0.25) is 4.79 Å². The number of anilines is 1. The smallest absolute Gasteiger partial charge is 0.253 e. The Morgan fingerprint density at radius 2 is 2.11 bits per heavy atom. The minimum Gasteiger partial charge on any atom is -0.388 e. The average Bonchev–Trinajstić information content (AvgIpc) is 2.40. The van der Waals surface area contributed by atoms with Gasteiger partial charge in [-0.05, 0) is 37.8 Å². The fraction of sp³-hybridized carbons (Fsp3) is 0.533. The fourth-order valence-electron chi connectivity index (χ4n) is 2.20. The number of hydrogen-bond acceptors (Lipinski definition) is 3. The van der Waals surface area contributed by atoms with Gasteiger partial charge < -0.3 is 15.7 Å². The zero-order valence-electron chi connectivity index (χ0n) is 11.4. The summed E-state index contributed by atoms with van der Waals surface area (Å²) >= 11 is 0. The molecule has 0 radical (unpaired) electrons. The van der Waals surface area contributed by atoms with Crippen molar-refractivity contribution in [2.75, 3.05) is 18.4 Å². The van der Waals surface area contributed by atoms with Gasteiger partial charge in [0, 0.05) is 18.8 Å². The number of carbonyl (C=O) groups excluding carboxylic acids is 1. The summed E-state index contributed by atoms with van der Waals surface area (Å²) in [6, 6.07) is 7.47. The van der Waals surface area contributed by atoms with Gasteiger partial charge in [-0.1, -0.05) is 19.1 Å². The summed E-state index contributed by atoms with van der Waals surface area (Å²) in [4.78, 5) is 12.2. The van der Waals surface area contributed by atoms with Gasteiger partial charge in [0.05, 0.1) is 11.2 Å². The molecule has 1 aliphatic rings. The molecule has 0 aliphatic heterocycles. The van der Waals surface area contributed by atoms with Crippen molar-refractivity contribution in [2.45, 2.75) is 38.2 Å². The number of aliphatic hydroxyl groups is 1. The highest BCUT2D eigenvalue weighted by molar-refractivity contribution is 5.99. The average molecular weight is 262 g/mol.